The fraction of sp³-hybridized carbons (Fsp3) is 0.375. The zero-order chi connectivity index (χ0) is 7.72. The molecule has 2 heteroatoms. The second-order valence-corrected chi connectivity index (χ2v) is 2.26. The highest BCUT2D eigenvalue weighted by Crippen LogP contribution is 2.26. The van der Waals surface area contributed by atoms with E-state index in [9.17, 15) is 4.79 Å². The van der Waals surface area contributed by atoms with Crippen molar-refractivity contribution in [2.75, 3.05) is 7.11 Å². The number of carbonyl (C=O) groups excluding carboxylic acids is 1. The maximum Gasteiger partial charge on any atom is 0.192 e. The van der Waals surface area contributed by atoms with Crippen LogP contribution in [-0.4, -0.2) is 19.0 Å². The van der Waals surface area contributed by atoms with Crippen LogP contribution in [0.3, 0.4) is 0 Å². The summed E-state index contributed by atoms with van der Waals surface area (Å²) in [6, 6.07) is 0. The van der Waals surface area contributed by atoms with E-state index in [1.165, 1.54) is 7.11 Å². The van der Waals surface area contributed by atoms with E-state index in [4.69, 9.17) is 4.74 Å². The monoisotopic (exact) mass is 138 g/mol. The summed E-state index contributed by atoms with van der Waals surface area (Å²) in [7, 11) is 1.53. The van der Waals surface area contributed by atoms with Crippen molar-refractivity contribution in [3.05, 3.63) is 23.8 Å². The SMILES string of the molecule is C=CC1=C(C)C(=O)C1OC. The standard InChI is InChI=1S/C8H10O2/c1-4-6-5(2)7(9)8(6)10-3/h4,8H,1H2,2-3H3. The Morgan fingerprint density at radius 1 is 1.70 bits per heavy atom. The third-order valence-corrected chi connectivity index (χ3v) is 1.78. The molecule has 0 radical (unpaired) electrons. The summed E-state index contributed by atoms with van der Waals surface area (Å²) in [6.07, 6.45) is 1.34. The van der Waals surface area contributed by atoms with E-state index < -0.39 is 0 Å². The van der Waals surface area contributed by atoms with E-state index >= 15 is 0 Å². The van der Waals surface area contributed by atoms with E-state index in [0.29, 0.717) is 0 Å². The Balaban J connectivity index is 2.88. The fourth-order valence-electron chi connectivity index (χ4n) is 1.09. The number of hydrogen-bond acceptors (Lipinski definition) is 2. The molecule has 54 valence electrons. The van der Waals surface area contributed by atoms with Gasteiger partial charge in [-0.15, -0.1) is 0 Å². The zero-order valence-corrected chi connectivity index (χ0v) is 6.18. The zero-order valence-electron chi connectivity index (χ0n) is 6.18. The van der Waals surface area contributed by atoms with Gasteiger partial charge in [-0.1, -0.05) is 12.7 Å². The molecule has 2 nitrogen and oxygen atoms in total. The lowest BCUT2D eigenvalue weighted by atomic mass is 9.85. The lowest BCUT2D eigenvalue weighted by Crippen LogP contribution is -2.36. The summed E-state index contributed by atoms with van der Waals surface area (Å²) in [5, 5.41) is 0. The van der Waals surface area contributed by atoms with E-state index in [2.05, 4.69) is 6.58 Å². The molecule has 1 unspecified atom stereocenters. The van der Waals surface area contributed by atoms with Gasteiger partial charge in [0.05, 0.1) is 0 Å². The molecule has 1 rings (SSSR count). The number of hydrogen-bond donors (Lipinski definition) is 0. The van der Waals surface area contributed by atoms with Gasteiger partial charge >= 0.3 is 0 Å². The first kappa shape index (κ1) is 7.22. The summed E-state index contributed by atoms with van der Waals surface area (Å²) in [6.45, 7) is 5.36. The average molecular weight is 138 g/mol. The molecular formula is C8H10O2. The highest BCUT2D eigenvalue weighted by atomic mass is 16.5. The highest BCUT2D eigenvalue weighted by Gasteiger charge is 2.34. The van der Waals surface area contributed by atoms with Gasteiger partial charge in [0.15, 0.2) is 5.78 Å². The molecule has 1 aliphatic carbocycles. The summed E-state index contributed by atoms with van der Waals surface area (Å²) in [5.74, 6) is 0.0809. The highest BCUT2D eigenvalue weighted by molar-refractivity contribution is 6.09. The van der Waals surface area contributed by atoms with Gasteiger partial charge in [0, 0.05) is 12.7 Å². The molecule has 0 N–H and O–H groups in total. The smallest absolute Gasteiger partial charge is 0.192 e. The largest absolute Gasteiger partial charge is 0.369 e. The van der Waals surface area contributed by atoms with Crippen molar-refractivity contribution in [3.8, 4) is 0 Å². The normalized spacial score (nSPS) is 24.6. The van der Waals surface area contributed by atoms with Crippen molar-refractivity contribution in [2.24, 2.45) is 0 Å². The van der Waals surface area contributed by atoms with E-state index in [1.54, 1.807) is 13.0 Å². The molecule has 0 aromatic heterocycles. The maximum atomic E-state index is 10.9. The van der Waals surface area contributed by atoms with Gasteiger partial charge in [-0.25, -0.2) is 0 Å². The molecule has 0 fully saturated rings. The average Bonchev–Trinajstić information content (AvgIpc) is 1.97. The number of rotatable bonds is 2. The van der Waals surface area contributed by atoms with Crippen LogP contribution in [0.25, 0.3) is 0 Å². The summed E-state index contributed by atoms with van der Waals surface area (Å²) < 4.78 is 4.89. The van der Waals surface area contributed by atoms with Crippen LogP contribution in [0, 0.1) is 0 Å². The summed E-state index contributed by atoms with van der Waals surface area (Å²) >= 11 is 0. The molecule has 0 aliphatic heterocycles. The van der Waals surface area contributed by atoms with E-state index in [1.807, 2.05) is 0 Å². The molecule has 0 amide bonds. The van der Waals surface area contributed by atoms with Crippen LogP contribution < -0.4 is 0 Å². The predicted molar refractivity (Wildman–Crippen MR) is 38.7 cm³/mol. The molecule has 1 aliphatic rings. The maximum absolute atomic E-state index is 10.9. The summed E-state index contributed by atoms with van der Waals surface area (Å²) in [5.41, 5.74) is 1.70. The lowest BCUT2D eigenvalue weighted by Gasteiger charge is -2.26. The number of ketones is 1. The minimum absolute atomic E-state index is 0.0809. The summed E-state index contributed by atoms with van der Waals surface area (Å²) in [4.78, 5) is 10.9. The van der Waals surface area contributed by atoms with Crippen LogP contribution >= 0.6 is 0 Å². The number of ether oxygens (including phenoxy) is 1. The Kier molecular flexibility index (Phi) is 1.72. The van der Waals surface area contributed by atoms with Crippen molar-refractivity contribution in [1.29, 1.82) is 0 Å². The number of carbonyl (C=O) groups is 1. The van der Waals surface area contributed by atoms with Crippen LogP contribution in [-0.2, 0) is 9.53 Å². The quantitative estimate of drug-likeness (QED) is 0.571. The van der Waals surface area contributed by atoms with Gasteiger partial charge in [-0.05, 0) is 12.5 Å². The van der Waals surface area contributed by atoms with Crippen molar-refractivity contribution in [3.63, 3.8) is 0 Å². The van der Waals surface area contributed by atoms with Gasteiger partial charge in [0.1, 0.15) is 6.10 Å². The van der Waals surface area contributed by atoms with Crippen molar-refractivity contribution in [2.45, 2.75) is 13.0 Å². The Morgan fingerprint density at radius 2 is 2.30 bits per heavy atom. The minimum atomic E-state index is -0.336. The Hall–Kier alpha value is -0.890. The van der Waals surface area contributed by atoms with Gasteiger partial charge < -0.3 is 4.74 Å². The van der Waals surface area contributed by atoms with Crippen LogP contribution in [0.4, 0.5) is 0 Å². The molecule has 0 aromatic rings. The fourth-order valence-corrected chi connectivity index (χ4v) is 1.09. The van der Waals surface area contributed by atoms with Crippen LogP contribution in [0.2, 0.25) is 0 Å². The van der Waals surface area contributed by atoms with Crippen molar-refractivity contribution >= 4 is 5.78 Å². The van der Waals surface area contributed by atoms with Gasteiger partial charge in [0.25, 0.3) is 0 Å². The molecular weight excluding hydrogens is 128 g/mol. The first-order chi connectivity index (χ1) is 4.72. The second kappa shape index (κ2) is 2.39. The van der Waals surface area contributed by atoms with Crippen LogP contribution in [0.15, 0.2) is 23.8 Å². The topological polar surface area (TPSA) is 26.3 Å². The molecule has 1 atom stereocenters. The molecule has 0 bridgehead atoms. The number of Topliss-reactive ketones (excluding diaryl/α,β-unsaturated/α-hetero) is 1. The molecule has 0 aromatic carbocycles. The van der Waals surface area contributed by atoms with Crippen molar-refractivity contribution < 1.29 is 9.53 Å². The first-order valence-corrected chi connectivity index (χ1v) is 3.12. The Morgan fingerprint density at radius 3 is 2.60 bits per heavy atom. The van der Waals surface area contributed by atoms with Gasteiger partial charge in [-0.2, -0.15) is 0 Å². The molecule has 10 heavy (non-hydrogen) atoms. The third kappa shape index (κ3) is 0.727. The third-order valence-electron chi connectivity index (χ3n) is 1.78. The number of methoxy groups -OCH3 is 1. The predicted octanol–water partition coefficient (Wildman–Crippen LogP) is 1.09. The minimum Gasteiger partial charge on any atom is -0.369 e. The van der Waals surface area contributed by atoms with Gasteiger partial charge in [0.2, 0.25) is 0 Å². The molecule has 0 spiro atoms. The van der Waals surface area contributed by atoms with E-state index in [-0.39, 0.29) is 11.9 Å². The lowest BCUT2D eigenvalue weighted by molar-refractivity contribution is -0.125. The second-order valence-electron chi connectivity index (χ2n) is 2.26. The first-order valence-electron chi connectivity index (χ1n) is 3.12. The van der Waals surface area contributed by atoms with Crippen LogP contribution in [0.1, 0.15) is 6.92 Å². The Bertz CT molecular complexity index is 213. The molecule has 0 heterocycles. The van der Waals surface area contributed by atoms with Crippen molar-refractivity contribution in [1.82, 2.24) is 0 Å². The molecule has 0 saturated carbocycles. The Labute approximate surface area is 60.2 Å². The van der Waals surface area contributed by atoms with E-state index in [0.717, 1.165) is 11.1 Å². The molecule has 0 saturated heterocycles. The van der Waals surface area contributed by atoms with Gasteiger partial charge in [-0.3, -0.25) is 4.79 Å². The van der Waals surface area contributed by atoms with Crippen LogP contribution in [0.5, 0.6) is 0 Å².